The average Bonchev–Trinajstić information content (AvgIpc) is 3.12. The fraction of sp³-hybridized carbons (Fsp3) is 0.857. The number of amides is 1. The molecule has 106 valence electrons. The molecule has 3 rings (SSSR count). The quantitative estimate of drug-likeness (QED) is 0.781. The van der Waals surface area contributed by atoms with E-state index in [1.54, 1.807) is 0 Å². The van der Waals surface area contributed by atoms with E-state index in [1.165, 1.54) is 19.4 Å². The van der Waals surface area contributed by atoms with Crippen LogP contribution in [0.25, 0.3) is 0 Å². The molecule has 2 aliphatic carbocycles. The van der Waals surface area contributed by atoms with Gasteiger partial charge < -0.3 is 10.6 Å². The maximum absolute atomic E-state index is 12.6. The van der Waals surface area contributed by atoms with Gasteiger partial charge in [-0.05, 0) is 31.6 Å². The molecule has 0 atom stereocenters. The lowest BCUT2D eigenvalue weighted by Crippen LogP contribution is -2.58. The van der Waals surface area contributed by atoms with Gasteiger partial charge in [-0.25, -0.2) is 0 Å². The number of hydrogen-bond donors (Lipinski definition) is 1. The zero-order valence-electron chi connectivity index (χ0n) is 11.4. The van der Waals surface area contributed by atoms with Crippen LogP contribution in [0.4, 0.5) is 0 Å². The molecule has 3 aliphatic rings. The second-order valence-corrected chi connectivity index (χ2v) is 6.78. The molecule has 4 nitrogen and oxygen atoms in total. The summed E-state index contributed by atoms with van der Waals surface area (Å²) in [6.07, 6.45) is 5.56. The molecule has 2 N–H and O–H groups in total. The Morgan fingerprint density at radius 3 is 2.26 bits per heavy atom. The van der Waals surface area contributed by atoms with E-state index in [0.29, 0.717) is 4.99 Å². The molecule has 0 unspecified atom stereocenters. The summed E-state index contributed by atoms with van der Waals surface area (Å²) in [5.41, 5.74) is 5.32. The van der Waals surface area contributed by atoms with Crippen molar-refractivity contribution in [3.63, 3.8) is 0 Å². The molecule has 0 aromatic rings. The van der Waals surface area contributed by atoms with Crippen molar-refractivity contribution in [2.24, 2.45) is 17.1 Å². The first-order valence-corrected chi connectivity index (χ1v) is 7.84. The Kier molecular flexibility index (Phi) is 3.52. The van der Waals surface area contributed by atoms with Gasteiger partial charge in [0.1, 0.15) is 0 Å². The van der Waals surface area contributed by atoms with E-state index in [0.717, 1.165) is 51.4 Å². The molecule has 19 heavy (non-hydrogen) atoms. The highest BCUT2D eigenvalue weighted by Gasteiger charge is 2.49. The monoisotopic (exact) mass is 281 g/mol. The van der Waals surface area contributed by atoms with Crippen LogP contribution in [-0.2, 0) is 4.79 Å². The van der Waals surface area contributed by atoms with Gasteiger partial charge in [0.25, 0.3) is 0 Å². The smallest absolute Gasteiger partial charge is 0.235 e. The van der Waals surface area contributed by atoms with Crippen molar-refractivity contribution in [1.82, 2.24) is 9.80 Å². The van der Waals surface area contributed by atoms with Crippen LogP contribution in [0.5, 0.6) is 0 Å². The van der Waals surface area contributed by atoms with Crippen LogP contribution >= 0.6 is 12.2 Å². The lowest BCUT2D eigenvalue weighted by atomic mass is 9.67. The van der Waals surface area contributed by atoms with Gasteiger partial charge in [-0.1, -0.05) is 18.6 Å². The Morgan fingerprint density at radius 1 is 1.21 bits per heavy atom. The third kappa shape index (κ3) is 2.50. The third-order valence-corrected chi connectivity index (χ3v) is 5.35. The standard InChI is InChI=1S/C14H23N3OS/c15-12(19)14(4-1-5-14)13(18)17-8-6-16(7-9-17)10-11-2-3-11/h11H,1-10H2,(H2,15,19). The topological polar surface area (TPSA) is 49.6 Å². The highest BCUT2D eigenvalue weighted by molar-refractivity contribution is 7.80. The van der Waals surface area contributed by atoms with Crippen molar-refractivity contribution in [2.75, 3.05) is 32.7 Å². The van der Waals surface area contributed by atoms with E-state index in [2.05, 4.69) is 4.90 Å². The van der Waals surface area contributed by atoms with E-state index >= 15 is 0 Å². The summed E-state index contributed by atoms with van der Waals surface area (Å²) in [6.45, 7) is 4.93. The van der Waals surface area contributed by atoms with Gasteiger partial charge in [0.15, 0.2) is 0 Å². The van der Waals surface area contributed by atoms with Gasteiger partial charge in [0.05, 0.1) is 10.4 Å². The summed E-state index contributed by atoms with van der Waals surface area (Å²) in [5.74, 6) is 1.12. The van der Waals surface area contributed by atoms with Gasteiger partial charge in [0.2, 0.25) is 5.91 Å². The van der Waals surface area contributed by atoms with Gasteiger partial charge >= 0.3 is 0 Å². The summed E-state index contributed by atoms with van der Waals surface area (Å²) < 4.78 is 0. The van der Waals surface area contributed by atoms with E-state index in [4.69, 9.17) is 18.0 Å². The highest BCUT2D eigenvalue weighted by Crippen LogP contribution is 2.43. The Morgan fingerprint density at radius 2 is 1.84 bits per heavy atom. The summed E-state index contributed by atoms with van der Waals surface area (Å²) in [5, 5.41) is 0. The van der Waals surface area contributed by atoms with Crippen molar-refractivity contribution in [3.05, 3.63) is 0 Å². The van der Waals surface area contributed by atoms with Crippen LogP contribution in [0.1, 0.15) is 32.1 Å². The first-order valence-electron chi connectivity index (χ1n) is 7.43. The van der Waals surface area contributed by atoms with Crippen molar-refractivity contribution in [1.29, 1.82) is 0 Å². The molecule has 5 heteroatoms. The van der Waals surface area contributed by atoms with Gasteiger partial charge in [-0.2, -0.15) is 0 Å². The zero-order valence-corrected chi connectivity index (χ0v) is 12.3. The predicted molar refractivity (Wildman–Crippen MR) is 78.8 cm³/mol. The second kappa shape index (κ2) is 5.02. The highest BCUT2D eigenvalue weighted by atomic mass is 32.1. The molecule has 0 aromatic carbocycles. The minimum Gasteiger partial charge on any atom is -0.392 e. The Bertz CT molecular complexity index is 382. The predicted octanol–water partition coefficient (Wildman–Crippen LogP) is 0.997. The summed E-state index contributed by atoms with van der Waals surface area (Å²) >= 11 is 5.13. The van der Waals surface area contributed by atoms with E-state index in [-0.39, 0.29) is 5.91 Å². The van der Waals surface area contributed by atoms with E-state index < -0.39 is 5.41 Å². The molecule has 2 saturated carbocycles. The minimum atomic E-state index is -0.492. The second-order valence-electron chi connectivity index (χ2n) is 6.34. The summed E-state index contributed by atoms with van der Waals surface area (Å²) in [4.78, 5) is 17.5. The molecule has 0 bridgehead atoms. The number of thiocarbonyl (C=S) groups is 1. The zero-order chi connectivity index (χ0) is 13.5. The molecule has 1 aliphatic heterocycles. The summed E-state index contributed by atoms with van der Waals surface area (Å²) in [7, 11) is 0. The molecular weight excluding hydrogens is 258 g/mol. The molecular formula is C14H23N3OS. The molecule has 0 radical (unpaired) electrons. The van der Waals surface area contributed by atoms with Crippen LogP contribution in [0.2, 0.25) is 0 Å². The Balaban J connectivity index is 1.55. The fourth-order valence-electron chi connectivity index (χ4n) is 3.20. The van der Waals surface area contributed by atoms with Gasteiger partial charge in [-0.15, -0.1) is 0 Å². The average molecular weight is 281 g/mol. The maximum atomic E-state index is 12.6. The molecule has 1 amide bonds. The number of carbonyl (C=O) groups is 1. The lowest BCUT2D eigenvalue weighted by Gasteiger charge is -2.45. The molecule has 1 saturated heterocycles. The number of rotatable bonds is 4. The SMILES string of the molecule is NC(=S)C1(C(=O)N2CCN(CC3CC3)CC2)CCC1. The fourth-order valence-corrected chi connectivity index (χ4v) is 3.49. The number of piperazine rings is 1. The number of nitrogens with two attached hydrogens (primary N) is 1. The molecule has 3 fully saturated rings. The van der Waals surface area contributed by atoms with Gasteiger partial charge in [-0.3, -0.25) is 9.69 Å². The van der Waals surface area contributed by atoms with Crippen LogP contribution in [0.3, 0.4) is 0 Å². The number of carbonyl (C=O) groups excluding carboxylic acids is 1. The lowest BCUT2D eigenvalue weighted by molar-refractivity contribution is -0.143. The largest absolute Gasteiger partial charge is 0.392 e. The molecule has 0 spiro atoms. The van der Waals surface area contributed by atoms with E-state index in [1.807, 2.05) is 4.90 Å². The molecule has 0 aromatic heterocycles. The third-order valence-electron chi connectivity index (χ3n) is 4.96. The Hall–Kier alpha value is -0.680. The summed E-state index contributed by atoms with van der Waals surface area (Å²) in [6, 6.07) is 0. The van der Waals surface area contributed by atoms with Crippen LogP contribution < -0.4 is 5.73 Å². The first-order chi connectivity index (χ1) is 9.12. The van der Waals surface area contributed by atoms with E-state index in [9.17, 15) is 4.79 Å². The Labute approximate surface area is 120 Å². The maximum Gasteiger partial charge on any atom is 0.235 e. The van der Waals surface area contributed by atoms with Crippen LogP contribution in [-0.4, -0.2) is 53.4 Å². The normalized spacial score (nSPS) is 26.8. The van der Waals surface area contributed by atoms with Crippen molar-refractivity contribution in [2.45, 2.75) is 32.1 Å². The van der Waals surface area contributed by atoms with Crippen LogP contribution in [0, 0.1) is 11.3 Å². The number of nitrogens with zero attached hydrogens (tertiary/aromatic N) is 2. The van der Waals surface area contributed by atoms with Gasteiger partial charge in [0, 0.05) is 32.7 Å². The van der Waals surface area contributed by atoms with Crippen molar-refractivity contribution >= 4 is 23.1 Å². The van der Waals surface area contributed by atoms with Crippen molar-refractivity contribution < 1.29 is 4.79 Å². The van der Waals surface area contributed by atoms with Crippen LogP contribution in [0.15, 0.2) is 0 Å². The van der Waals surface area contributed by atoms with Crippen molar-refractivity contribution in [3.8, 4) is 0 Å². The first kappa shape index (κ1) is 13.3. The number of hydrogen-bond acceptors (Lipinski definition) is 3. The molecule has 1 heterocycles. The minimum absolute atomic E-state index is 0.192.